The first kappa shape index (κ1) is 25.7. The van der Waals surface area contributed by atoms with Crippen LogP contribution in [0, 0.1) is 0 Å². The van der Waals surface area contributed by atoms with Crippen molar-refractivity contribution in [2.75, 3.05) is 19.6 Å². The van der Waals surface area contributed by atoms with Gasteiger partial charge in [-0.15, -0.1) is 10.2 Å². The molecule has 0 radical (unpaired) electrons. The van der Waals surface area contributed by atoms with Gasteiger partial charge in [0.25, 0.3) is 0 Å². The molecule has 188 valence electrons. The second kappa shape index (κ2) is 12.0. The number of benzene rings is 3. The van der Waals surface area contributed by atoms with Crippen LogP contribution in [-0.2, 0) is 11.2 Å². The van der Waals surface area contributed by atoms with E-state index in [9.17, 15) is 4.79 Å². The van der Waals surface area contributed by atoms with Crippen LogP contribution in [0.4, 0.5) is 5.82 Å². The number of nitrogens with zero attached hydrogens (tertiary/aromatic N) is 3. The maximum Gasteiger partial charge on any atom is 0.308 e. The maximum atomic E-state index is 11.3. The molecular weight excluding hydrogens is 492 g/mol. The Labute approximate surface area is 219 Å². The summed E-state index contributed by atoms with van der Waals surface area (Å²) in [6.07, 6.45) is 2.16. The lowest BCUT2D eigenvalue weighted by atomic mass is 10.0. The molecule has 0 amide bonds. The first-order valence-corrected chi connectivity index (χ1v) is 11.7. The van der Waals surface area contributed by atoms with E-state index < -0.39 is 5.97 Å². The van der Waals surface area contributed by atoms with Crippen LogP contribution in [0.15, 0.2) is 77.9 Å². The van der Waals surface area contributed by atoms with Crippen LogP contribution in [0.2, 0.25) is 5.02 Å². The van der Waals surface area contributed by atoms with Gasteiger partial charge in [0.2, 0.25) is 0 Å². The Morgan fingerprint density at radius 2 is 1.68 bits per heavy atom. The summed E-state index contributed by atoms with van der Waals surface area (Å²) in [5.74, 6) is 1.61. The Morgan fingerprint density at radius 3 is 2.41 bits per heavy atom. The third-order valence-corrected chi connectivity index (χ3v) is 5.66. The molecular formula is C28H25ClN4O4. The number of methoxy groups -OCH3 is 2. The van der Waals surface area contributed by atoms with Gasteiger partial charge < -0.3 is 14.2 Å². The second-order valence-electron chi connectivity index (χ2n) is 7.97. The average Bonchev–Trinajstić information content (AvgIpc) is 2.90. The van der Waals surface area contributed by atoms with Gasteiger partial charge in [-0.05, 0) is 53.6 Å². The van der Waals surface area contributed by atoms with Gasteiger partial charge in [0.1, 0.15) is 5.75 Å². The minimum Gasteiger partial charge on any atom is -0.496 e. The number of anilines is 1. The SMILES string of the molecule is COc1ccccc1Cc1cc(-c2ccc(Cl)cc2)nnc1N/N=C/c1ccc(OC(C)=O)c(OC)c1. The number of esters is 1. The van der Waals surface area contributed by atoms with E-state index in [-0.39, 0.29) is 0 Å². The van der Waals surface area contributed by atoms with E-state index in [1.165, 1.54) is 14.0 Å². The number of hydrogen-bond donors (Lipinski definition) is 1. The number of carbonyl (C=O) groups is 1. The summed E-state index contributed by atoms with van der Waals surface area (Å²) in [4.78, 5) is 11.3. The molecule has 0 atom stereocenters. The number of nitrogens with one attached hydrogen (secondary N) is 1. The zero-order valence-electron chi connectivity index (χ0n) is 20.6. The van der Waals surface area contributed by atoms with Crippen molar-refractivity contribution >= 4 is 29.6 Å². The minimum atomic E-state index is -0.426. The van der Waals surface area contributed by atoms with Crippen molar-refractivity contribution < 1.29 is 19.0 Å². The standard InChI is InChI=1S/C28H25ClN4O4/c1-18(34)37-26-13-8-19(14-27(26)36-3)17-30-32-28-22(15-21-6-4-5-7-25(21)35-2)16-24(31-33-28)20-9-11-23(29)12-10-20/h4-14,16-17H,15H2,1-3H3,(H,32,33)/b30-17+. The Bertz CT molecular complexity index is 1420. The normalized spacial score (nSPS) is 10.8. The van der Waals surface area contributed by atoms with Crippen LogP contribution in [0.1, 0.15) is 23.6 Å². The molecule has 0 aliphatic heterocycles. The van der Waals surface area contributed by atoms with Gasteiger partial charge in [-0.1, -0.05) is 41.9 Å². The van der Waals surface area contributed by atoms with Gasteiger partial charge >= 0.3 is 5.97 Å². The molecule has 0 bridgehead atoms. The van der Waals surface area contributed by atoms with Crippen molar-refractivity contribution in [3.63, 3.8) is 0 Å². The number of ether oxygens (including phenoxy) is 3. The van der Waals surface area contributed by atoms with Crippen LogP contribution in [0.5, 0.6) is 17.2 Å². The predicted octanol–water partition coefficient (Wildman–Crippen LogP) is 5.78. The highest BCUT2D eigenvalue weighted by molar-refractivity contribution is 6.30. The molecule has 4 aromatic rings. The molecule has 1 N–H and O–H groups in total. The molecule has 4 rings (SSSR count). The minimum absolute atomic E-state index is 0.336. The van der Waals surface area contributed by atoms with E-state index in [0.29, 0.717) is 34.5 Å². The fourth-order valence-corrected chi connectivity index (χ4v) is 3.77. The van der Waals surface area contributed by atoms with Gasteiger partial charge in [0, 0.05) is 29.5 Å². The summed E-state index contributed by atoms with van der Waals surface area (Å²) in [7, 11) is 3.15. The van der Waals surface area contributed by atoms with Gasteiger partial charge in [-0.3, -0.25) is 10.2 Å². The van der Waals surface area contributed by atoms with Gasteiger partial charge in [-0.25, -0.2) is 0 Å². The predicted molar refractivity (Wildman–Crippen MR) is 144 cm³/mol. The summed E-state index contributed by atoms with van der Waals surface area (Å²) in [6, 6.07) is 22.3. The quantitative estimate of drug-likeness (QED) is 0.130. The highest BCUT2D eigenvalue weighted by Gasteiger charge is 2.12. The molecule has 0 saturated heterocycles. The van der Waals surface area contributed by atoms with Crippen molar-refractivity contribution in [3.8, 4) is 28.5 Å². The van der Waals surface area contributed by atoms with Crippen LogP contribution in [0.25, 0.3) is 11.3 Å². The zero-order chi connectivity index (χ0) is 26.2. The molecule has 9 heteroatoms. The van der Waals surface area contributed by atoms with Crippen molar-refractivity contribution in [1.82, 2.24) is 10.2 Å². The highest BCUT2D eigenvalue weighted by Crippen LogP contribution is 2.29. The lowest BCUT2D eigenvalue weighted by Crippen LogP contribution is -2.04. The first-order valence-electron chi connectivity index (χ1n) is 11.4. The summed E-state index contributed by atoms with van der Waals surface area (Å²) in [5.41, 5.74) is 7.22. The third-order valence-electron chi connectivity index (χ3n) is 5.41. The average molecular weight is 517 g/mol. The number of hydrazone groups is 1. The van der Waals surface area contributed by atoms with Gasteiger partial charge in [0.15, 0.2) is 17.3 Å². The third kappa shape index (κ3) is 6.62. The smallest absolute Gasteiger partial charge is 0.308 e. The van der Waals surface area contributed by atoms with Gasteiger partial charge in [-0.2, -0.15) is 5.10 Å². The van der Waals surface area contributed by atoms with E-state index in [1.54, 1.807) is 31.5 Å². The topological polar surface area (TPSA) is 94.9 Å². The van der Waals surface area contributed by atoms with E-state index >= 15 is 0 Å². The summed E-state index contributed by atoms with van der Waals surface area (Å²) < 4.78 is 16.0. The summed E-state index contributed by atoms with van der Waals surface area (Å²) in [5, 5.41) is 13.8. The molecule has 0 aliphatic carbocycles. The Morgan fingerprint density at radius 1 is 0.919 bits per heavy atom. The molecule has 1 heterocycles. The number of carbonyl (C=O) groups excluding carboxylic acids is 1. The molecule has 0 unspecified atom stereocenters. The van der Waals surface area contributed by atoms with Crippen LogP contribution >= 0.6 is 11.6 Å². The lowest BCUT2D eigenvalue weighted by Gasteiger charge is -2.12. The van der Waals surface area contributed by atoms with Crippen molar-refractivity contribution in [2.24, 2.45) is 5.10 Å². The van der Waals surface area contributed by atoms with Crippen molar-refractivity contribution in [1.29, 1.82) is 0 Å². The van der Waals surface area contributed by atoms with Crippen LogP contribution < -0.4 is 19.6 Å². The fourth-order valence-electron chi connectivity index (χ4n) is 3.65. The number of halogens is 1. The van der Waals surface area contributed by atoms with Crippen molar-refractivity contribution in [2.45, 2.75) is 13.3 Å². The van der Waals surface area contributed by atoms with Gasteiger partial charge in [0.05, 0.1) is 26.1 Å². The number of rotatable bonds is 9. The molecule has 1 aromatic heterocycles. The monoisotopic (exact) mass is 516 g/mol. The van der Waals surface area contributed by atoms with E-state index in [2.05, 4.69) is 20.7 Å². The van der Waals surface area contributed by atoms with Crippen molar-refractivity contribution in [3.05, 3.63) is 94.5 Å². The number of para-hydroxylation sites is 1. The fraction of sp³-hybridized carbons (Fsp3) is 0.143. The summed E-state index contributed by atoms with van der Waals surface area (Å²) in [6.45, 7) is 1.33. The van der Waals surface area contributed by atoms with E-state index in [0.717, 1.165) is 28.0 Å². The largest absolute Gasteiger partial charge is 0.496 e. The number of hydrogen-bond acceptors (Lipinski definition) is 8. The van der Waals surface area contributed by atoms with E-state index in [1.807, 2.05) is 54.6 Å². The Balaban J connectivity index is 1.62. The molecule has 0 aliphatic rings. The number of aromatic nitrogens is 2. The second-order valence-corrected chi connectivity index (χ2v) is 8.41. The molecule has 8 nitrogen and oxygen atoms in total. The van der Waals surface area contributed by atoms with Crippen LogP contribution in [-0.4, -0.2) is 36.6 Å². The molecule has 0 fully saturated rings. The first-order chi connectivity index (χ1) is 18.0. The maximum absolute atomic E-state index is 11.3. The van der Waals surface area contributed by atoms with Crippen LogP contribution in [0.3, 0.4) is 0 Å². The summed E-state index contributed by atoms with van der Waals surface area (Å²) >= 11 is 6.05. The Kier molecular flexibility index (Phi) is 8.33. The molecule has 0 saturated carbocycles. The zero-order valence-corrected chi connectivity index (χ0v) is 21.3. The Hall–Kier alpha value is -4.43. The molecule has 37 heavy (non-hydrogen) atoms. The molecule has 0 spiro atoms. The molecule has 3 aromatic carbocycles. The highest BCUT2D eigenvalue weighted by atomic mass is 35.5. The lowest BCUT2D eigenvalue weighted by molar-refractivity contribution is -0.132. The van der Waals surface area contributed by atoms with E-state index in [4.69, 9.17) is 25.8 Å².